The van der Waals surface area contributed by atoms with Gasteiger partial charge in [0.05, 0.1) is 13.2 Å². The van der Waals surface area contributed by atoms with E-state index >= 15 is 0 Å². The van der Waals surface area contributed by atoms with Gasteiger partial charge in [0.2, 0.25) is 11.8 Å². The molecule has 51 heavy (non-hydrogen) atoms. The third kappa shape index (κ3) is 14.1. The van der Waals surface area contributed by atoms with Crippen molar-refractivity contribution in [2.45, 2.75) is 69.6 Å². The first-order valence-corrected chi connectivity index (χ1v) is 16.1. The Morgan fingerprint density at radius 3 is 2.04 bits per heavy atom. The molecule has 0 fully saturated rings. The molecule has 0 radical (unpaired) electrons. The summed E-state index contributed by atoms with van der Waals surface area (Å²) in [6, 6.07) is 24.4. The van der Waals surface area contributed by atoms with Crippen LogP contribution in [0.2, 0.25) is 0 Å². The maximum Gasteiger partial charge on any atom is 0.490 e. The zero-order chi connectivity index (χ0) is 37.2. The Bertz CT molecular complexity index is 1590. The van der Waals surface area contributed by atoms with E-state index in [9.17, 15) is 32.3 Å². The van der Waals surface area contributed by atoms with E-state index in [2.05, 4.69) is 21.3 Å². The summed E-state index contributed by atoms with van der Waals surface area (Å²) in [6.45, 7) is 1.08. The molecule has 15 heteroatoms. The van der Waals surface area contributed by atoms with Gasteiger partial charge in [-0.2, -0.15) is 13.2 Å². The number of ether oxygens (including phenoxy) is 2. The van der Waals surface area contributed by atoms with E-state index in [0.717, 1.165) is 22.3 Å². The number of aliphatic carboxylic acids is 1. The van der Waals surface area contributed by atoms with Crippen LogP contribution >= 0.6 is 0 Å². The highest BCUT2D eigenvalue weighted by Crippen LogP contribution is 2.17. The molecular formula is C36H41F3N4O8. The lowest BCUT2D eigenvalue weighted by Crippen LogP contribution is -2.56. The Kier molecular flexibility index (Phi) is 15.9. The quantitative estimate of drug-likeness (QED) is 0.123. The molecule has 0 spiro atoms. The molecule has 1 aliphatic rings. The Labute approximate surface area is 293 Å². The lowest BCUT2D eigenvalue weighted by molar-refractivity contribution is -0.192. The molecule has 5 N–H and O–H groups in total. The number of rotatable bonds is 14. The van der Waals surface area contributed by atoms with Gasteiger partial charge in [-0.05, 0) is 47.9 Å². The summed E-state index contributed by atoms with van der Waals surface area (Å²) in [5, 5.41) is 18.8. The highest BCUT2D eigenvalue weighted by atomic mass is 19.4. The molecule has 0 unspecified atom stereocenters. The maximum absolute atomic E-state index is 13.5. The second-order valence-electron chi connectivity index (χ2n) is 11.5. The van der Waals surface area contributed by atoms with Crippen LogP contribution in [0.3, 0.4) is 0 Å². The predicted octanol–water partition coefficient (Wildman–Crippen LogP) is 3.82. The number of fused-ring (bicyclic) bond motifs is 1. The highest BCUT2D eigenvalue weighted by Gasteiger charge is 2.38. The number of hydrogen-bond donors (Lipinski definition) is 5. The number of carbonyl (C=O) groups excluding carboxylic acids is 4. The van der Waals surface area contributed by atoms with Crippen molar-refractivity contribution in [1.29, 1.82) is 0 Å². The molecule has 0 aliphatic carbocycles. The second kappa shape index (κ2) is 20.3. The molecular weight excluding hydrogens is 673 g/mol. The fraction of sp³-hybridized carbons (Fsp3) is 0.361. The number of carboxylic acid groups (broad SMARTS) is 1. The van der Waals surface area contributed by atoms with Gasteiger partial charge in [0.25, 0.3) is 0 Å². The third-order valence-corrected chi connectivity index (χ3v) is 7.76. The number of benzene rings is 3. The summed E-state index contributed by atoms with van der Waals surface area (Å²) in [6.07, 6.45) is -3.46. The van der Waals surface area contributed by atoms with E-state index in [4.69, 9.17) is 19.4 Å². The van der Waals surface area contributed by atoms with Crippen LogP contribution in [-0.4, -0.2) is 72.9 Å². The van der Waals surface area contributed by atoms with Gasteiger partial charge in [-0.25, -0.2) is 14.4 Å². The molecule has 4 rings (SSSR count). The fourth-order valence-electron chi connectivity index (χ4n) is 5.07. The molecule has 0 aromatic heterocycles. The van der Waals surface area contributed by atoms with Crippen molar-refractivity contribution in [3.05, 3.63) is 107 Å². The first kappa shape index (κ1) is 40.0. The minimum atomic E-state index is -5.08. The molecule has 0 saturated carbocycles. The number of alkyl carbamates (subject to hydrolysis) is 1. The minimum Gasteiger partial charge on any atom is -0.475 e. The van der Waals surface area contributed by atoms with E-state index in [0.29, 0.717) is 38.8 Å². The Balaban J connectivity index is 0.000000908. The largest absolute Gasteiger partial charge is 0.490 e. The normalized spacial score (nSPS) is 14.6. The number of carbonyl (C=O) groups is 5. The standard InChI is InChI=1S/C34H40N4O6.C2HF3O2/c1-43-33(41)28(18-10-11-19-35-34(42)44-23-25-14-6-3-7-15-25)37-32(40)30(20-24-12-4-2-5-13-24)38-31(39)29-21-26-16-8-9-17-27(26)22-36-29;3-2(4,5)1(6)7/h2-9,12-17,28-30,36H,10-11,18-23H2,1H3,(H,35,42)(H,37,40)(H,38,39);(H,6,7)/t28-,29-,30-;/m0./s1. The zero-order valence-corrected chi connectivity index (χ0v) is 27.9. The molecule has 3 aromatic carbocycles. The number of methoxy groups -OCH3 is 1. The summed E-state index contributed by atoms with van der Waals surface area (Å²) in [4.78, 5) is 60.3. The van der Waals surface area contributed by atoms with Gasteiger partial charge < -0.3 is 35.8 Å². The smallest absolute Gasteiger partial charge is 0.475 e. The number of unbranched alkanes of at least 4 members (excludes halogenated alkanes) is 1. The highest BCUT2D eigenvalue weighted by molar-refractivity contribution is 5.92. The SMILES string of the molecule is COC(=O)[C@H](CCCCNC(=O)OCc1ccccc1)NC(=O)[C@H](Cc1ccccc1)NC(=O)[C@@H]1Cc2ccccc2CN1.O=C(O)C(F)(F)F. The number of alkyl halides is 3. The van der Waals surface area contributed by atoms with Crippen LogP contribution in [0, 0.1) is 0 Å². The molecule has 1 aliphatic heterocycles. The van der Waals surface area contributed by atoms with Crippen LogP contribution in [0.15, 0.2) is 84.9 Å². The van der Waals surface area contributed by atoms with Gasteiger partial charge in [-0.1, -0.05) is 84.9 Å². The van der Waals surface area contributed by atoms with Crippen molar-refractivity contribution in [3.8, 4) is 0 Å². The van der Waals surface area contributed by atoms with Crippen LogP contribution in [-0.2, 0) is 54.6 Å². The zero-order valence-electron chi connectivity index (χ0n) is 27.9. The number of esters is 1. The Hall–Kier alpha value is -5.44. The maximum atomic E-state index is 13.5. The van der Waals surface area contributed by atoms with E-state index in [-0.39, 0.29) is 18.9 Å². The van der Waals surface area contributed by atoms with Crippen molar-refractivity contribution in [2.24, 2.45) is 0 Å². The summed E-state index contributed by atoms with van der Waals surface area (Å²) in [7, 11) is 1.27. The average molecular weight is 715 g/mol. The lowest BCUT2D eigenvalue weighted by atomic mass is 9.95. The summed E-state index contributed by atoms with van der Waals surface area (Å²) in [5.41, 5.74) is 4.01. The van der Waals surface area contributed by atoms with E-state index < -0.39 is 48.2 Å². The number of halogens is 3. The topological polar surface area (TPSA) is 172 Å². The molecule has 3 atom stereocenters. The van der Waals surface area contributed by atoms with Gasteiger partial charge in [0, 0.05) is 19.5 Å². The van der Waals surface area contributed by atoms with Gasteiger partial charge >= 0.3 is 24.2 Å². The summed E-state index contributed by atoms with van der Waals surface area (Å²) in [5.74, 6) is -4.09. The van der Waals surface area contributed by atoms with Crippen LogP contribution in [0.25, 0.3) is 0 Å². The van der Waals surface area contributed by atoms with Crippen LogP contribution in [0.5, 0.6) is 0 Å². The molecule has 3 amide bonds. The Morgan fingerprint density at radius 1 is 0.843 bits per heavy atom. The van der Waals surface area contributed by atoms with Crippen LogP contribution < -0.4 is 21.3 Å². The van der Waals surface area contributed by atoms with Crippen molar-refractivity contribution in [3.63, 3.8) is 0 Å². The predicted molar refractivity (Wildman–Crippen MR) is 179 cm³/mol. The van der Waals surface area contributed by atoms with E-state index in [1.807, 2.05) is 84.9 Å². The molecule has 274 valence electrons. The monoisotopic (exact) mass is 714 g/mol. The molecule has 0 bridgehead atoms. The number of carboxylic acids is 1. The van der Waals surface area contributed by atoms with Crippen molar-refractivity contribution >= 4 is 29.8 Å². The second-order valence-corrected chi connectivity index (χ2v) is 11.5. The molecule has 3 aromatic rings. The minimum absolute atomic E-state index is 0.175. The summed E-state index contributed by atoms with van der Waals surface area (Å²) < 4.78 is 41.9. The van der Waals surface area contributed by atoms with E-state index in [1.54, 1.807) is 0 Å². The van der Waals surface area contributed by atoms with Gasteiger partial charge in [0.1, 0.15) is 18.7 Å². The first-order valence-electron chi connectivity index (χ1n) is 16.1. The molecule has 1 heterocycles. The first-order chi connectivity index (χ1) is 24.4. The molecule has 0 saturated heterocycles. The lowest BCUT2D eigenvalue weighted by Gasteiger charge is -2.28. The van der Waals surface area contributed by atoms with Gasteiger partial charge in [-0.15, -0.1) is 0 Å². The molecule has 12 nitrogen and oxygen atoms in total. The number of nitrogens with one attached hydrogen (secondary N) is 4. The number of amides is 3. The van der Waals surface area contributed by atoms with Crippen LogP contribution in [0.4, 0.5) is 18.0 Å². The third-order valence-electron chi connectivity index (χ3n) is 7.76. The summed E-state index contributed by atoms with van der Waals surface area (Å²) >= 11 is 0. The Morgan fingerprint density at radius 2 is 1.43 bits per heavy atom. The number of hydrogen-bond acceptors (Lipinski definition) is 8. The van der Waals surface area contributed by atoms with Gasteiger partial charge in [-0.3, -0.25) is 9.59 Å². The van der Waals surface area contributed by atoms with Crippen LogP contribution in [0.1, 0.15) is 41.5 Å². The van der Waals surface area contributed by atoms with E-state index in [1.165, 1.54) is 7.11 Å². The fourth-order valence-corrected chi connectivity index (χ4v) is 5.07. The van der Waals surface area contributed by atoms with Crippen molar-refractivity contribution in [1.82, 2.24) is 21.3 Å². The van der Waals surface area contributed by atoms with Crippen molar-refractivity contribution in [2.75, 3.05) is 13.7 Å². The van der Waals surface area contributed by atoms with Crippen molar-refractivity contribution < 1.29 is 51.7 Å². The average Bonchev–Trinajstić information content (AvgIpc) is 3.13. The van der Waals surface area contributed by atoms with Gasteiger partial charge in [0.15, 0.2) is 0 Å².